The molecule has 0 spiro atoms. The molecule has 0 aliphatic heterocycles. The molecule has 4 N–H and O–H groups in total. The van der Waals surface area contributed by atoms with E-state index in [9.17, 15) is 45.1 Å². The van der Waals surface area contributed by atoms with E-state index >= 15 is 0 Å². The SMILES string of the molecule is CC(=O)Nc1ccc(NN=C2C=C3C(=O)C=C(NC(=O)Nc4ccc5c(c4)CC(S(=O)(=O)[O-])=C(N=Nc4ccccc4)C5=O)C=C3C=C2S(=O)(=O)[O-])cc1.[Na+].[Na+]. The maximum atomic E-state index is 13.2. The molecule has 0 fully saturated rings. The number of ketones is 2. The van der Waals surface area contributed by atoms with Crippen LogP contribution in [-0.2, 0) is 36.2 Å². The summed E-state index contributed by atoms with van der Waals surface area (Å²) in [5.74, 6) is -1.79. The molecule has 0 saturated heterocycles. The van der Waals surface area contributed by atoms with Gasteiger partial charge in [-0.2, -0.15) is 10.2 Å². The predicted octanol–water partition coefficient (Wildman–Crippen LogP) is -1.72. The molecule has 3 amide bonds. The van der Waals surface area contributed by atoms with Gasteiger partial charge in [0.1, 0.15) is 31.6 Å². The van der Waals surface area contributed by atoms with Crippen LogP contribution in [0.3, 0.4) is 0 Å². The van der Waals surface area contributed by atoms with E-state index in [4.69, 9.17) is 0 Å². The number of benzene rings is 3. The van der Waals surface area contributed by atoms with Gasteiger partial charge in [-0.3, -0.25) is 19.8 Å². The van der Waals surface area contributed by atoms with Crippen molar-refractivity contribution in [1.29, 1.82) is 0 Å². The summed E-state index contributed by atoms with van der Waals surface area (Å²) in [4.78, 5) is 49.0. The van der Waals surface area contributed by atoms with Gasteiger partial charge in [-0.25, -0.2) is 21.6 Å². The maximum absolute atomic E-state index is 13.2. The van der Waals surface area contributed by atoms with Crippen LogP contribution in [0.15, 0.2) is 145 Å². The summed E-state index contributed by atoms with van der Waals surface area (Å²) in [6.07, 6.45) is 3.87. The van der Waals surface area contributed by atoms with Gasteiger partial charge in [-0.15, -0.1) is 5.11 Å². The third-order valence-corrected chi connectivity index (χ3v) is 9.60. The summed E-state index contributed by atoms with van der Waals surface area (Å²) < 4.78 is 73.0. The number of urea groups is 1. The number of anilines is 3. The second-order valence-corrected chi connectivity index (χ2v) is 14.4. The Balaban J connectivity index is 0.00000348. The zero-order chi connectivity index (χ0) is 38.8. The first-order valence-electron chi connectivity index (χ1n) is 15.6. The molecule has 21 heteroatoms. The number of allylic oxidation sites excluding steroid dienone is 9. The molecule has 0 bridgehead atoms. The fraction of sp³-hybridized carbons (Fsp3) is 0.0571. The average molecular weight is 814 g/mol. The minimum atomic E-state index is -5.14. The molecule has 0 heterocycles. The van der Waals surface area contributed by atoms with Crippen LogP contribution in [0.2, 0.25) is 0 Å². The number of azo groups is 1. The van der Waals surface area contributed by atoms with Crippen molar-refractivity contribution in [2.75, 3.05) is 16.1 Å². The molecule has 274 valence electrons. The minimum absolute atomic E-state index is 0. The Morgan fingerprint density at radius 3 is 2.04 bits per heavy atom. The van der Waals surface area contributed by atoms with E-state index in [2.05, 4.69) is 36.7 Å². The van der Waals surface area contributed by atoms with Crippen LogP contribution >= 0.6 is 0 Å². The van der Waals surface area contributed by atoms with Crippen molar-refractivity contribution < 1.29 is 104 Å². The first-order valence-corrected chi connectivity index (χ1v) is 18.4. The molecule has 3 aromatic carbocycles. The van der Waals surface area contributed by atoms with Crippen LogP contribution in [0.1, 0.15) is 22.8 Å². The number of hydrogen-bond acceptors (Lipinski definition) is 14. The molecule has 0 radical (unpaired) electrons. The molecule has 3 aromatic rings. The third kappa shape index (κ3) is 10.6. The number of hydrogen-bond donors (Lipinski definition) is 4. The number of nitrogens with one attached hydrogen (secondary N) is 4. The zero-order valence-electron chi connectivity index (χ0n) is 29.7. The molecular weight excluding hydrogens is 789 g/mol. The van der Waals surface area contributed by atoms with Crippen molar-refractivity contribution in [1.82, 2.24) is 5.32 Å². The number of carbonyl (C=O) groups is 4. The van der Waals surface area contributed by atoms with Crippen LogP contribution in [0.4, 0.5) is 27.5 Å². The van der Waals surface area contributed by atoms with Gasteiger partial charge < -0.3 is 25.1 Å². The summed E-state index contributed by atoms with van der Waals surface area (Å²) in [6, 6.07) is 17.4. The Morgan fingerprint density at radius 1 is 0.732 bits per heavy atom. The summed E-state index contributed by atoms with van der Waals surface area (Å²) in [5.41, 5.74) is 2.96. The van der Waals surface area contributed by atoms with Crippen molar-refractivity contribution in [3.63, 3.8) is 0 Å². The maximum Gasteiger partial charge on any atom is 1.00 e. The summed E-state index contributed by atoms with van der Waals surface area (Å²) in [7, 11) is -10.3. The van der Waals surface area contributed by atoms with Gasteiger partial charge in [0.05, 0.1) is 21.2 Å². The Labute approximate surface area is 364 Å². The zero-order valence-corrected chi connectivity index (χ0v) is 35.3. The normalized spacial score (nSPS) is 15.9. The minimum Gasteiger partial charge on any atom is -0.744 e. The van der Waals surface area contributed by atoms with Gasteiger partial charge in [0.2, 0.25) is 11.7 Å². The van der Waals surface area contributed by atoms with Crippen molar-refractivity contribution in [3.05, 3.63) is 141 Å². The molecule has 3 aliphatic rings. The third-order valence-electron chi connectivity index (χ3n) is 7.79. The summed E-state index contributed by atoms with van der Waals surface area (Å²) in [5, 5.41) is 19.2. The van der Waals surface area contributed by atoms with Crippen LogP contribution in [-0.4, -0.2) is 55.2 Å². The van der Waals surface area contributed by atoms with E-state index in [0.29, 0.717) is 17.1 Å². The fourth-order valence-corrected chi connectivity index (χ4v) is 6.75. The first-order chi connectivity index (χ1) is 25.5. The molecule has 0 saturated carbocycles. The smallest absolute Gasteiger partial charge is 0.744 e. The van der Waals surface area contributed by atoms with E-state index in [0.717, 1.165) is 18.2 Å². The van der Waals surface area contributed by atoms with Gasteiger partial charge in [0.15, 0.2) is 5.78 Å². The second-order valence-electron chi connectivity index (χ2n) is 11.7. The number of hydrazone groups is 1. The van der Waals surface area contributed by atoms with Crippen LogP contribution in [0.25, 0.3) is 0 Å². The van der Waals surface area contributed by atoms with E-state index in [1.165, 1.54) is 43.3 Å². The number of fused-ring (bicyclic) bond motifs is 2. The Bertz CT molecular complexity index is 2600. The van der Waals surface area contributed by atoms with E-state index < -0.39 is 59.8 Å². The quantitative estimate of drug-likeness (QED) is 0.0817. The molecule has 0 unspecified atom stereocenters. The number of nitrogens with zero attached hydrogens (tertiary/aromatic N) is 3. The van der Waals surface area contributed by atoms with Gasteiger partial charge in [-0.05, 0) is 84.0 Å². The molecule has 3 aliphatic carbocycles. The van der Waals surface area contributed by atoms with Crippen molar-refractivity contribution in [2.45, 2.75) is 13.3 Å². The van der Waals surface area contributed by atoms with Crippen molar-refractivity contribution in [3.8, 4) is 0 Å². The Hall–Kier alpha value is -4.67. The number of rotatable bonds is 9. The summed E-state index contributed by atoms with van der Waals surface area (Å²) >= 11 is 0. The van der Waals surface area contributed by atoms with Crippen molar-refractivity contribution >= 4 is 72.2 Å². The number of Topliss-reactive ketones (excluding diaryl/α,β-unsaturated/α-hetero) is 1. The molecule has 56 heavy (non-hydrogen) atoms. The summed E-state index contributed by atoms with van der Waals surface area (Å²) in [6.45, 7) is 1.34. The fourth-order valence-electron chi connectivity index (χ4n) is 5.41. The van der Waals surface area contributed by atoms with Crippen LogP contribution in [0, 0.1) is 0 Å². The van der Waals surface area contributed by atoms with Crippen LogP contribution < -0.4 is 80.5 Å². The van der Waals surface area contributed by atoms with Crippen molar-refractivity contribution in [2.24, 2.45) is 15.3 Å². The molecule has 0 aromatic heterocycles. The molecule has 0 atom stereocenters. The van der Waals surface area contributed by atoms with E-state index in [-0.39, 0.29) is 104 Å². The van der Waals surface area contributed by atoms with E-state index in [1.54, 1.807) is 42.5 Å². The van der Waals surface area contributed by atoms with Gasteiger partial charge in [0.25, 0.3) is 0 Å². The van der Waals surface area contributed by atoms with Gasteiger partial charge in [0, 0.05) is 47.6 Å². The number of carbonyl (C=O) groups excluding carboxylic acids is 4. The number of amides is 3. The standard InChI is InChI=1S/C35H27N7O10S2.2Na/c1-19(43)36-22-7-9-24(10-8-22)39-41-29-18-28-21(15-31(29)53(47,48)49)14-26(17-30(28)44)38-35(46)37-25-11-12-27-20(13-25)16-32(54(50,51)52)33(34(27)45)42-40-23-5-3-2-4-6-23;;/h2-15,17-18,39H,16H2,1H3,(H,36,43)(H2,37,38,46)(H,47,48,49)(H,50,51,52);;/q;2*+1/p-2. The van der Waals surface area contributed by atoms with Crippen LogP contribution in [0.5, 0.6) is 0 Å². The van der Waals surface area contributed by atoms with E-state index in [1.807, 2.05) is 0 Å². The molecular formula is C35H25N7Na2O10S2. The van der Waals surface area contributed by atoms with Gasteiger partial charge >= 0.3 is 65.1 Å². The van der Waals surface area contributed by atoms with Gasteiger partial charge in [-0.1, -0.05) is 18.2 Å². The molecule has 17 nitrogen and oxygen atoms in total. The topological polar surface area (TPSA) is 268 Å². The molecule has 6 rings (SSSR count). The predicted molar refractivity (Wildman–Crippen MR) is 193 cm³/mol. The Morgan fingerprint density at radius 2 is 1.39 bits per heavy atom. The second kappa shape index (κ2) is 18.1. The average Bonchev–Trinajstić information content (AvgIpc) is 3.10. The monoisotopic (exact) mass is 813 g/mol. The Kier molecular flexibility index (Phi) is 14.2. The largest absolute Gasteiger partial charge is 1.00 e. The first kappa shape index (κ1) is 44.0.